The third kappa shape index (κ3) is 7.88. The fourth-order valence-corrected chi connectivity index (χ4v) is 14.0. The maximum Gasteiger partial charge on any atom is 0.252 e. The van der Waals surface area contributed by atoms with E-state index in [1.807, 2.05) is 0 Å². The van der Waals surface area contributed by atoms with Crippen molar-refractivity contribution < 1.29 is 0 Å². The molecule has 0 bridgehead atoms. The summed E-state index contributed by atoms with van der Waals surface area (Å²) in [4.78, 5) is 5.28. The van der Waals surface area contributed by atoms with Gasteiger partial charge < -0.3 is 14.4 Å². The number of nitrogens with zero attached hydrogens (tertiary/aromatic N) is 3. The fraction of sp³-hybridized carbons (Fsp3) is 0.100. The molecule has 4 heterocycles. The van der Waals surface area contributed by atoms with Crippen molar-refractivity contribution in [2.24, 2.45) is 0 Å². The van der Waals surface area contributed by atoms with Gasteiger partial charge in [-0.1, -0.05) is 248 Å². The number of rotatable bonds is 6. The van der Waals surface area contributed by atoms with E-state index in [0.717, 1.165) is 22.7 Å². The molecular weight excluding hydrogens is 1010 g/mol. The van der Waals surface area contributed by atoms with Gasteiger partial charge in [0, 0.05) is 50.3 Å². The molecule has 0 saturated heterocycles. The second-order valence-electron chi connectivity index (χ2n) is 25.3. The lowest BCUT2D eigenvalue weighted by Crippen LogP contribution is -2.61. The maximum absolute atomic E-state index is 2.66. The highest BCUT2D eigenvalue weighted by atomic mass is 15.2. The minimum absolute atomic E-state index is 0.0329. The zero-order valence-electron chi connectivity index (χ0n) is 48.3. The quantitative estimate of drug-likeness (QED) is 0.154. The van der Waals surface area contributed by atoms with Crippen molar-refractivity contribution in [1.29, 1.82) is 0 Å². The first-order chi connectivity index (χ1) is 40.9. The average molecular weight is 1080 g/mol. The summed E-state index contributed by atoms with van der Waals surface area (Å²) in [5.41, 5.74) is 31.4. The zero-order valence-corrected chi connectivity index (χ0v) is 48.3. The van der Waals surface area contributed by atoms with Gasteiger partial charge in [0.2, 0.25) is 0 Å². The highest BCUT2D eigenvalue weighted by Crippen LogP contribution is 2.55. The summed E-state index contributed by atoms with van der Waals surface area (Å²) in [6, 6.07) is 101. The molecule has 4 heteroatoms. The van der Waals surface area contributed by atoms with Crippen molar-refractivity contribution in [3.05, 3.63) is 278 Å². The molecule has 1 aromatic heterocycles. The van der Waals surface area contributed by atoms with Crippen molar-refractivity contribution in [1.82, 2.24) is 4.57 Å². The van der Waals surface area contributed by atoms with Gasteiger partial charge >= 0.3 is 0 Å². The summed E-state index contributed by atoms with van der Waals surface area (Å²) in [7, 11) is 0. The molecule has 3 aliphatic rings. The first-order valence-corrected chi connectivity index (χ1v) is 29.7. The largest absolute Gasteiger partial charge is 0.311 e. The number of benzene rings is 12. The number of fused-ring (bicyclic) bond motifs is 12. The molecule has 12 aromatic carbocycles. The number of hydrogen-bond donors (Lipinski definition) is 0. The van der Waals surface area contributed by atoms with E-state index >= 15 is 0 Å². The van der Waals surface area contributed by atoms with E-state index in [2.05, 4.69) is 323 Å². The summed E-state index contributed by atoms with van der Waals surface area (Å²) in [5.74, 6) is 0. The van der Waals surface area contributed by atoms with Gasteiger partial charge in [-0.3, -0.25) is 0 Å². The van der Waals surface area contributed by atoms with E-state index in [0.29, 0.717) is 0 Å². The molecule has 0 spiro atoms. The average Bonchev–Trinajstić information content (AvgIpc) is 3.51. The molecule has 0 unspecified atom stereocenters. The van der Waals surface area contributed by atoms with E-state index in [1.54, 1.807) is 0 Å². The van der Waals surface area contributed by atoms with Crippen LogP contribution >= 0.6 is 0 Å². The Labute approximate surface area is 493 Å². The summed E-state index contributed by atoms with van der Waals surface area (Å²) in [6.45, 7) is 13.6. The van der Waals surface area contributed by atoms with Crippen molar-refractivity contribution in [2.45, 2.75) is 52.4 Å². The fourth-order valence-electron chi connectivity index (χ4n) is 14.0. The van der Waals surface area contributed by atoms with Crippen LogP contribution < -0.4 is 26.2 Å². The second-order valence-corrected chi connectivity index (χ2v) is 25.3. The lowest BCUT2D eigenvalue weighted by atomic mass is 9.33. The smallest absolute Gasteiger partial charge is 0.252 e. The first kappa shape index (κ1) is 49.9. The SMILES string of the molecule is CC(C)(C)c1ccc(-c2cccc(N3c4cc(-c5ccc(C(C)(C)C)cc5)ccc4B4c5cc(-c6ccccc6)cc6c5N(c5ccc(-c7ccccc7)cc5-c5ccccc5-6)c5cc(-n6c7ccccc7c7ccccc76)cc3c54)c2)cc1. The van der Waals surface area contributed by atoms with Crippen LogP contribution in [-0.2, 0) is 10.8 Å². The van der Waals surface area contributed by atoms with Gasteiger partial charge in [0.1, 0.15) is 0 Å². The first-order valence-electron chi connectivity index (χ1n) is 29.7. The van der Waals surface area contributed by atoms with Crippen molar-refractivity contribution in [2.75, 3.05) is 9.80 Å². The van der Waals surface area contributed by atoms with Gasteiger partial charge in [0.25, 0.3) is 6.71 Å². The zero-order chi connectivity index (χ0) is 56.6. The molecule has 84 heavy (non-hydrogen) atoms. The van der Waals surface area contributed by atoms with Gasteiger partial charge in [-0.25, -0.2) is 0 Å². The Hall–Kier alpha value is -9.90. The summed E-state index contributed by atoms with van der Waals surface area (Å²) in [5, 5.41) is 2.47. The van der Waals surface area contributed by atoms with Crippen molar-refractivity contribution in [3.63, 3.8) is 0 Å². The Morgan fingerprint density at radius 1 is 0.286 bits per heavy atom. The predicted molar refractivity (Wildman–Crippen MR) is 358 cm³/mol. The normalized spacial score (nSPS) is 13.0. The Kier molecular flexibility index (Phi) is 11.2. The lowest BCUT2D eigenvalue weighted by molar-refractivity contribution is 0.590. The molecule has 0 amide bonds. The Morgan fingerprint density at radius 3 is 1.38 bits per heavy atom. The van der Waals surface area contributed by atoms with Gasteiger partial charge in [0.05, 0.1) is 22.4 Å². The highest BCUT2D eigenvalue weighted by molar-refractivity contribution is 7.00. The van der Waals surface area contributed by atoms with Gasteiger partial charge in [-0.15, -0.1) is 0 Å². The Bertz CT molecular complexity index is 4730. The lowest BCUT2D eigenvalue weighted by Gasteiger charge is -2.45. The number of aromatic nitrogens is 1. The Morgan fingerprint density at radius 2 is 0.762 bits per heavy atom. The molecule has 13 aromatic rings. The van der Waals surface area contributed by atoms with Gasteiger partial charge in [-0.05, 0) is 155 Å². The van der Waals surface area contributed by atoms with Crippen LogP contribution in [0.4, 0.5) is 34.1 Å². The summed E-state index contributed by atoms with van der Waals surface area (Å²) in [6.07, 6.45) is 0. The molecule has 0 N–H and O–H groups in total. The maximum atomic E-state index is 2.66. The monoisotopic (exact) mass is 1080 g/mol. The van der Waals surface area contributed by atoms with Crippen LogP contribution in [0.5, 0.6) is 0 Å². The molecule has 3 aliphatic heterocycles. The predicted octanol–water partition coefficient (Wildman–Crippen LogP) is 19.8. The standard InChI is InChI=1S/C80H62BN3/c1-79(2,3)59-38-32-53(33-39-59)55-24-19-25-61(44-55)82-74-48-57(54-34-40-60(41-35-54)80(4,5)6)36-42-69(74)81-70-47-58(52-22-11-8-12-23-52)46-68-64-27-14-13-26-63(64)67-45-56(51-20-9-7-10-21-51)37-43-73(67)84(78(68)70)76-50-62(49-75(82)77(76)81)83-71-30-17-15-28-65(71)66-29-16-18-31-72(66)83/h7-50H,1-6H3. The number of para-hydroxylation sites is 2. The molecule has 16 rings (SSSR count). The van der Waals surface area contributed by atoms with Gasteiger partial charge in [-0.2, -0.15) is 0 Å². The third-order valence-corrected chi connectivity index (χ3v) is 18.2. The molecular formula is C80H62BN3. The molecule has 400 valence electrons. The summed E-state index contributed by atoms with van der Waals surface area (Å²) < 4.78 is 2.52. The second kappa shape index (κ2) is 18.8. The van der Waals surface area contributed by atoms with Crippen LogP contribution in [0.25, 0.3) is 94.3 Å². The van der Waals surface area contributed by atoms with Crippen LogP contribution in [0.2, 0.25) is 0 Å². The van der Waals surface area contributed by atoms with E-state index < -0.39 is 0 Å². The molecule has 0 radical (unpaired) electrons. The number of anilines is 6. The van der Waals surface area contributed by atoms with Crippen molar-refractivity contribution >= 4 is 79.0 Å². The van der Waals surface area contributed by atoms with E-state index in [1.165, 1.54) is 133 Å². The van der Waals surface area contributed by atoms with E-state index in [9.17, 15) is 0 Å². The van der Waals surface area contributed by atoms with Crippen LogP contribution in [0.3, 0.4) is 0 Å². The van der Waals surface area contributed by atoms with Crippen LogP contribution in [0.15, 0.2) is 267 Å². The van der Waals surface area contributed by atoms with Gasteiger partial charge in [0.15, 0.2) is 0 Å². The summed E-state index contributed by atoms with van der Waals surface area (Å²) >= 11 is 0. The van der Waals surface area contributed by atoms with Crippen LogP contribution in [0, 0.1) is 0 Å². The number of hydrogen-bond acceptors (Lipinski definition) is 2. The minimum atomic E-state index is -0.148. The Balaban J connectivity index is 1.05. The van der Waals surface area contributed by atoms with E-state index in [-0.39, 0.29) is 17.5 Å². The van der Waals surface area contributed by atoms with E-state index in [4.69, 9.17) is 0 Å². The molecule has 0 aliphatic carbocycles. The molecule has 0 atom stereocenters. The molecule has 0 saturated carbocycles. The molecule has 3 nitrogen and oxygen atoms in total. The third-order valence-electron chi connectivity index (χ3n) is 18.2. The topological polar surface area (TPSA) is 11.4 Å². The van der Waals surface area contributed by atoms with Crippen LogP contribution in [0.1, 0.15) is 52.7 Å². The molecule has 0 fully saturated rings. The van der Waals surface area contributed by atoms with Crippen molar-refractivity contribution in [3.8, 4) is 72.4 Å². The van der Waals surface area contributed by atoms with Crippen LogP contribution in [-0.4, -0.2) is 11.3 Å². The minimum Gasteiger partial charge on any atom is -0.311 e. The highest BCUT2D eigenvalue weighted by Gasteiger charge is 2.46.